The first kappa shape index (κ1) is 31.4. The van der Waals surface area contributed by atoms with E-state index in [9.17, 15) is 8.42 Å². The minimum absolute atomic E-state index is 0. The molecule has 0 amide bonds. The minimum atomic E-state index is -3.83. The Kier molecular flexibility index (Phi) is 13.1. The van der Waals surface area contributed by atoms with Crippen molar-refractivity contribution in [3.8, 4) is 5.75 Å². The first-order valence-electron chi connectivity index (χ1n) is 10.9. The van der Waals surface area contributed by atoms with Crippen LogP contribution in [0.4, 0.5) is 0 Å². The van der Waals surface area contributed by atoms with Crippen LogP contribution in [0.3, 0.4) is 0 Å². The van der Waals surface area contributed by atoms with E-state index in [0.717, 1.165) is 58.2 Å². The SMILES string of the molecule is Cc1c(C)c(S(=O)(=O)N(CCCCCN)OCCCN)c(C)c2c1OC(C)(C)CC2.Cl.Cl. The maximum absolute atomic E-state index is 13.7. The average Bonchev–Trinajstić information content (AvgIpc) is 2.67. The second-order valence-electron chi connectivity index (χ2n) is 8.73. The molecule has 10 heteroatoms. The van der Waals surface area contributed by atoms with Crippen LogP contribution in [0.1, 0.15) is 68.2 Å². The number of unbranched alkanes of at least 4 members (excludes halogenated alkanes) is 2. The number of ether oxygens (including phenoxy) is 1. The normalized spacial score (nSPS) is 14.9. The number of nitrogens with zero attached hydrogens (tertiary/aromatic N) is 1. The Hall–Kier alpha value is -0.610. The lowest BCUT2D eigenvalue weighted by Crippen LogP contribution is -2.36. The topological polar surface area (TPSA) is 108 Å². The molecule has 32 heavy (non-hydrogen) atoms. The smallest absolute Gasteiger partial charge is 0.265 e. The summed E-state index contributed by atoms with van der Waals surface area (Å²) in [6.07, 6.45) is 4.64. The van der Waals surface area contributed by atoms with Crippen molar-refractivity contribution in [3.05, 3.63) is 22.3 Å². The quantitative estimate of drug-likeness (QED) is 0.342. The molecule has 7 nitrogen and oxygen atoms in total. The van der Waals surface area contributed by atoms with Crippen LogP contribution in [0.25, 0.3) is 0 Å². The number of hydrogen-bond acceptors (Lipinski definition) is 6. The van der Waals surface area contributed by atoms with Gasteiger partial charge in [0.1, 0.15) is 11.4 Å². The zero-order valence-corrected chi connectivity index (χ0v) is 22.5. The van der Waals surface area contributed by atoms with Crippen molar-refractivity contribution < 1.29 is 18.0 Å². The molecule has 0 atom stereocenters. The Balaban J connectivity index is 0.00000480. The lowest BCUT2D eigenvalue weighted by Gasteiger charge is -2.36. The lowest BCUT2D eigenvalue weighted by molar-refractivity contribution is -0.0853. The van der Waals surface area contributed by atoms with Crippen LogP contribution in [0.5, 0.6) is 5.75 Å². The zero-order valence-electron chi connectivity index (χ0n) is 20.0. The molecule has 1 aliphatic rings. The monoisotopic (exact) mass is 513 g/mol. The Morgan fingerprint density at radius 3 is 2.19 bits per heavy atom. The van der Waals surface area contributed by atoms with E-state index in [-0.39, 0.29) is 37.0 Å². The van der Waals surface area contributed by atoms with Gasteiger partial charge in [-0.15, -0.1) is 24.8 Å². The van der Waals surface area contributed by atoms with E-state index in [0.29, 0.717) is 37.4 Å². The van der Waals surface area contributed by atoms with Crippen molar-refractivity contribution in [3.63, 3.8) is 0 Å². The summed E-state index contributed by atoms with van der Waals surface area (Å²) in [4.78, 5) is 6.05. The van der Waals surface area contributed by atoms with Gasteiger partial charge in [-0.2, -0.15) is 0 Å². The van der Waals surface area contributed by atoms with E-state index in [1.54, 1.807) is 0 Å². The third-order valence-electron chi connectivity index (χ3n) is 5.82. The Morgan fingerprint density at radius 1 is 0.969 bits per heavy atom. The third kappa shape index (κ3) is 7.19. The maximum Gasteiger partial charge on any atom is 0.265 e. The second-order valence-corrected chi connectivity index (χ2v) is 10.5. The van der Waals surface area contributed by atoms with Gasteiger partial charge in [-0.05, 0) is 102 Å². The first-order valence-corrected chi connectivity index (χ1v) is 12.4. The van der Waals surface area contributed by atoms with Crippen LogP contribution < -0.4 is 16.2 Å². The van der Waals surface area contributed by atoms with E-state index >= 15 is 0 Å². The number of hydrogen-bond donors (Lipinski definition) is 2. The number of hydroxylamine groups is 1. The standard InChI is InChI=1S/C22H39N3O4S.2ClH/c1-16-17(2)21(18(3)19-10-11-22(4,5)29-20(16)19)30(26,27)25(28-15-9-13-24)14-8-6-7-12-23;;/h6-15,23-24H2,1-5H3;2*1H. The first-order chi connectivity index (χ1) is 14.1. The van der Waals surface area contributed by atoms with Crippen LogP contribution in [-0.2, 0) is 21.3 Å². The maximum atomic E-state index is 13.7. The zero-order chi connectivity index (χ0) is 22.5. The van der Waals surface area contributed by atoms with Crippen LogP contribution in [0, 0.1) is 20.8 Å². The van der Waals surface area contributed by atoms with Gasteiger partial charge >= 0.3 is 0 Å². The summed E-state index contributed by atoms with van der Waals surface area (Å²) in [5.74, 6) is 0.832. The Bertz CT molecular complexity index is 848. The van der Waals surface area contributed by atoms with Crippen molar-refractivity contribution in [2.45, 2.75) is 83.6 Å². The molecule has 0 aromatic heterocycles. The van der Waals surface area contributed by atoms with Crippen molar-refractivity contribution >= 4 is 34.8 Å². The summed E-state index contributed by atoms with van der Waals surface area (Å²) >= 11 is 0. The highest BCUT2D eigenvalue weighted by Crippen LogP contribution is 2.42. The summed E-state index contributed by atoms with van der Waals surface area (Å²) in [5.41, 5.74) is 14.2. The fourth-order valence-corrected chi connectivity index (χ4v) is 5.74. The molecule has 0 spiro atoms. The summed E-state index contributed by atoms with van der Waals surface area (Å²) in [7, 11) is -3.83. The molecule has 1 aromatic carbocycles. The van der Waals surface area contributed by atoms with E-state index in [4.69, 9.17) is 21.0 Å². The Morgan fingerprint density at radius 2 is 1.59 bits per heavy atom. The van der Waals surface area contributed by atoms with Gasteiger partial charge in [-0.3, -0.25) is 4.84 Å². The molecule has 4 N–H and O–H groups in total. The molecule has 0 fully saturated rings. The number of rotatable bonds is 11. The van der Waals surface area contributed by atoms with Gasteiger partial charge < -0.3 is 16.2 Å². The van der Waals surface area contributed by atoms with Crippen molar-refractivity contribution in [2.24, 2.45) is 11.5 Å². The van der Waals surface area contributed by atoms with Crippen LogP contribution >= 0.6 is 24.8 Å². The van der Waals surface area contributed by atoms with E-state index in [2.05, 4.69) is 13.8 Å². The van der Waals surface area contributed by atoms with Gasteiger partial charge in [0.25, 0.3) is 10.0 Å². The molecule has 1 aliphatic heterocycles. The second kappa shape index (κ2) is 13.3. The van der Waals surface area contributed by atoms with Gasteiger partial charge in [0.2, 0.25) is 0 Å². The largest absolute Gasteiger partial charge is 0.487 e. The number of halogens is 2. The number of fused-ring (bicyclic) bond motifs is 1. The molecular formula is C22H41Cl2N3O4S. The number of benzene rings is 1. The van der Waals surface area contributed by atoms with Gasteiger partial charge in [0, 0.05) is 6.54 Å². The predicted molar refractivity (Wildman–Crippen MR) is 135 cm³/mol. The molecule has 1 heterocycles. The number of sulfonamides is 1. The molecule has 0 unspecified atom stereocenters. The lowest BCUT2D eigenvalue weighted by atomic mass is 9.88. The Labute approximate surface area is 206 Å². The van der Waals surface area contributed by atoms with Crippen LogP contribution in [0.15, 0.2) is 4.90 Å². The molecule has 0 radical (unpaired) electrons. The van der Waals surface area contributed by atoms with Crippen LogP contribution in [0.2, 0.25) is 0 Å². The van der Waals surface area contributed by atoms with Gasteiger partial charge in [0.15, 0.2) is 0 Å². The fraction of sp³-hybridized carbons (Fsp3) is 0.727. The molecule has 188 valence electrons. The summed E-state index contributed by atoms with van der Waals surface area (Å²) in [6, 6.07) is 0. The fourth-order valence-electron chi connectivity index (χ4n) is 3.90. The van der Waals surface area contributed by atoms with E-state index in [1.807, 2.05) is 20.8 Å². The van der Waals surface area contributed by atoms with Crippen molar-refractivity contribution in [1.82, 2.24) is 4.47 Å². The summed E-state index contributed by atoms with van der Waals surface area (Å²) in [6.45, 7) is 11.4. The highest BCUT2D eigenvalue weighted by molar-refractivity contribution is 7.89. The van der Waals surface area contributed by atoms with Gasteiger partial charge in [-0.1, -0.05) is 10.9 Å². The molecule has 1 aromatic rings. The highest BCUT2D eigenvalue weighted by atomic mass is 35.5. The van der Waals surface area contributed by atoms with E-state index in [1.165, 1.54) is 0 Å². The van der Waals surface area contributed by atoms with Gasteiger partial charge in [-0.25, -0.2) is 8.42 Å². The molecule has 2 rings (SSSR count). The molecule has 0 saturated heterocycles. The summed E-state index contributed by atoms with van der Waals surface area (Å²) in [5, 5.41) is 0. The molecule has 0 saturated carbocycles. The minimum Gasteiger partial charge on any atom is -0.487 e. The van der Waals surface area contributed by atoms with E-state index < -0.39 is 10.0 Å². The molecule has 0 aliphatic carbocycles. The predicted octanol–water partition coefficient (Wildman–Crippen LogP) is 3.96. The summed E-state index contributed by atoms with van der Waals surface area (Å²) < 4.78 is 34.8. The highest BCUT2D eigenvalue weighted by Gasteiger charge is 2.36. The van der Waals surface area contributed by atoms with Crippen LogP contribution in [-0.4, -0.2) is 44.7 Å². The molecule has 0 bridgehead atoms. The number of nitrogens with two attached hydrogens (primary N) is 2. The van der Waals surface area contributed by atoms with Crippen molar-refractivity contribution in [1.29, 1.82) is 0 Å². The van der Waals surface area contributed by atoms with Gasteiger partial charge in [0.05, 0.1) is 11.5 Å². The van der Waals surface area contributed by atoms with Crippen molar-refractivity contribution in [2.75, 3.05) is 26.2 Å². The average molecular weight is 515 g/mol. The third-order valence-corrected chi connectivity index (χ3v) is 7.77. The molecular weight excluding hydrogens is 473 g/mol.